The van der Waals surface area contributed by atoms with E-state index in [2.05, 4.69) is 20.3 Å². The number of H-pyrrole nitrogens is 1. The maximum atomic E-state index is 11.6. The number of hydrogen-bond donors (Lipinski definition) is 2. The SMILES string of the molecule is Cc1ncc(C(=O)NCCCn2ccnc2)[nH]1. The van der Waals surface area contributed by atoms with Gasteiger partial charge in [-0.1, -0.05) is 0 Å². The molecular formula is C11H15N5O. The van der Waals surface area contributed by atoms with Crippen molar-refractivity contribution in [2.45, 2.75) is 19.9 Å². The molecule has 0 aliphatic carbocycles. The van der Waals surface area contributed by atoms with E-state index in [1.54, 1.807) is 18.7 Å². The quantitative estimate of drug-likeness (QED) is 0.748. The van der Waals surface area contributed by atoms with E-state index in [1.807, 2.05) is 17.7 Å². The van der Waals surface area contributed by atoms with E-state index >= 15 is 0 Å². The largest absolute Gasteiger partial charge is 0.351 e. The fourth-order valence-corrected chi connectivity index (χ4v) is 1.51. The first-order valence-corrected chi connectivity index (χ1v) is 5.51. The fourth-order valence-electron chi connectivity index (χ4n) is 1.51. The normalized spacial score (nSPS) is 10.4. The van der Waals surface area contributed by atoms with Crippen molar-refractivity contribution in [1.29, 1.82) is 0 Å². The molecule has 0 saturated carbocycles. The summed E-state index contributed by atoms with van der Waals surface area (Å²) in [5, 5.41) is 2.83. The molecule has 0 bridgehead atoms. The maximum Gasteiger partial charge on any atom is 0.269 e. The molecule has 2 N–H and O–H groups in total. The van der Waals surface area contributed by atoms with Crippen LogP contribution in [0.5, 0.6) is 0 Å². The molecule has 0 saturated heterocycles. The number of aryl methyl sites for hydroxylation is 2. The predicted octanol–water partition coefficient (Wildman–Crippen LogP) is 0.735. The molecule has 2 aromatic rings. The second-order valence-corrected chi connectivity index (χ2v) is 3.79. The molecular weight excluding hydrogens is 218 g/mol. The van der Waals surface area contributed by atoms with Gasteiger partial charge in [-0.2, -0.15) is 0 Å². The molecule has 0 unspecified atom stereocenters. The van der Waals surface area contributed by atoms with Crippen LogP contribution in [0.25, 0.3) is 0 Å². The van der Waals surface area contributed by atoms with Gasteiger partial charge in [-0.25, -0.2) is 9.97 Å². The summed E-state index contributed by atoms with van der Waals surface area (Å²) in [5.41, 5.74) is 0.505. The van der Waals surface area contributed by atoms with Crippen LogP contribution in [0, 0.1) is 6.92 Å². The minimum atomic E-state index is -0.115. The number of carbonyl (C=O) groups is 1. The Morgan fingerprint density at radius 3 is 3.12 bits per heavy atom. The molecule has 90 valence electrons. The molecule has 0 radical (unpaired) electrons. The summed E-state index contributed by atoms with van der Waals surface area (Å²) in [6.07, 6.45) is 7.82. The number of nitrogens with zero attached hydrogens (tertiary/aromatic N) is 3. The van der Waals surface area contributed by atoms with Crippen LogP contribution in [-0.4, -0.2) is 32.0 Å². The van der Waals surface area contributed by atoms with Gasteiger partial charge in [0.2, 0.25) is 0 Å². The third kappa shape index (κ3) is 3.17. The van der Waals surface area contributed by atoms with Crippen molar-refractivity contribution in [1.82, 2.24) is 24.8 Å². The standard InChI is InChI=1S/C11H15N5O/c1-9-14-7-10(15-9)11(17)13-3-2-5-16-6-4-12-8-16/h4,6-8H,2-3,5H2,1H3,(H,13,17)(H,14,15). The van der Waals surface area contributed by atoms with Crippen molar-refractivity contribution < 1.29 is 4.79 Å². The summed E-state index contributed by atoms with van der Waals surface area (Å²) >= 11 is 0. The molecule has 17 heavy (non-hydrogen) atoms. The lowest BCUT2D eigenvalue weighted by atomic mass is 10.4. The highest BCUT2D eigenvalue weighted by molar-refractivity contribution is 5.92. The van der Waals surface area contributed by atoms with Crippen molar-refractivity contribution in [3.63, 3.8) is 0 Å². The average molecular weight is 233 g/mol. The molecule has 2 heterocycles. The van der Waals surface area contributed by atoms with Crippen molar-refractivity contribution in [2.75, 3.05) is 6.54 Å². The Kier molecular flexibility index (Phi) is 3.54. The second-order valence-electron chi connectivity index (χ2n) is 3.79. The highest BCUT2D eigenvalue weighted by Gasteiger charge is 2.06. The molecule has 0 fully saturated rings. The van der Waals surface area contributed by atoms with Crippen LogP contribution < -0.4 is 5.32 Å². The lowest BCUT2D eigenvalue weighted by Crippen LogP contribution is -2.25. The highest BCUT2D eigenvalue weighted by atomic mass is 16.1. The van der Waals surface area contributed by atoms with Crippen LogP contribution in [0.2, 0.25) is 0 Å². The molecule has 0 aliphatic heterocycles. The first-order chi connectivity index (χ1) is 8.25. The van der Waals surface area contributed by atoms with Gasteiger partial charge in [0, 0.05) is 25.5 Å². The number of aromatic nitrogens is 4. The van der Waals surface area contributed by atoms with Crippen LogP contribution in [0.3, 0.4) is 0 Å². The highest BCUT2D eigenvalue weighted by Crippen LogP contribution is 1.95. The van der Waals surface area contributed by atoms with Crippen LogP contribution >= 0.6 is 0 Å². The Labute approximate surface area is 99.1 Å². The first-order valence-electron chi connectivity index (χ1n) is 5.51. The van der Waals surface area contributed by atoms with Gasteiger partial charge >= 0.3 is 0 Å². The molecule has 2 aromatic heterocycles. The summed E-state index contributed by atoms with van der Waals surface area (Å²) in [5.74, 6) is 0.629. The number of imidazole rings is 2. The summed E-state index contributed by atoms with van der Waals surface area (Å²) in [6, 6.07) is 0. The zero-order valence-corrected chi connectivity index (χ0v) is 9.68. The maximum absolute atomic E-state index is 11.6. The topological polar surface area (TPSA) is 75.6 Å². The van der Waals surface area contributed by atoms with Crippen molar-refractivity contribution >= 4 is 5.91 Å². The summed E-state index contributed by atoms with van der Waals surface area (Å²) in [7, 11) is 0. The number of aromatic amines is 1. The van der Waals surface area contributed by atoms with Crippen molar-refractivity contribution in [2.24, 2.45) is 0 Å². The Hall–Kier alpha value is -2.11. The van der Waals surface area contributed by atoms with Gasteiger partial charge in [0.05, 0.1) is 12.5 Å². The predicted molar refractivity (Wildman–Crippen MR) is 62.5 cm³/mol. The molecule has 6 heteroatoms. The van der Waals surface area contributed by atoms with Crippen molar-refractivity contribution in [3.8, 4) is 0 Å². The van der Waals surface area contributed by atoms with E-state index in [0.29, 0.717) is 12.2 Å². The van der Waals surface area contributed by atoms with Gasteiger partial charge in [0.15, 0.2) is 0 Å². The van der Waals surface area contributed by atoms with E-state index in [0.717, 1.165) is 18.8 Å². The van der Waals surface area contributed by atoms with Gasteiger partial charge in [-0.3, -0.25) is 4.79 Å². The number of carbonyl (C=O) groups excluding carboxylic acids is 1. The summed E-state index contributed by atoms with van der Waals surface area (Å²) < 4.78 is 1.98. The van der Waals surface area contributed by atoms with E-state index in [1.165, 1.54) is 0 Å². The number of nitrogens with one attached hydrogen (secondary N) is 2. The molecule has 0 atom stereocenters. The Morgan fingerprint density at radius 2 is 2.47 bits per heavy atom. The lowest BCUT2D eigenvalue weighted by Gasteiger charge is -2.04. The zero-order valence-electron chi connectivity index (χ0n) is 9.68. The monoisotopic (exact) mass is 233 g/mol. The van der Waals surface area contributed by atoms with Crippen LogP contribution in [0.4, 0.5) is 0 Å². The van der Waals surface area contributed by atoms with E-state index < -0.39 is 0 Å². The van der Waals surface area contributed by atoms with Gasteiger partial charge in [-0.15, -0.1) is 0 Å². The minimum Gasteiger partial charge on any atom is -0.351 e. The summed E-state index contributed by atoms with van der Waals surface area (Å²) in [4.78, 5) is 22.4. The second kappa shape index (κ2) is 5.29. The van der Waals surface area contributed by atoms with Gasteiger partial charge in [0.25, 0.3) is 5.91 Å². The zero-order chi connectivity index (χ0) is 12.1. The first kappa shape index (κ1) is 11.4. The lowest BCUT2D eigenvalue weighted by molar-refractivity contribution is 0.0948. The molecule has 1 amide bonds. The Bertz CT molecular complexity index is 474. The van der Waals surface area contributed by atoms with E-state index in [9.17, 15) is 4.79 Å². The van der Waals surface area contributed by atoms with Gasteiger partial charge in [-0.05, 0) is 13.3 Å². The Morgan fingerprint density at radius 1 is 1.59 bits per heavy atom. The van der Waals surface area contributed by atoms with Crippen LogP contribution in [0.15, 0.2) is 24.9 Å². The van der Waals surface area contributed by atoms with Gasteiger partial charge < -0.3 is 14.9 Å². The van der Waals surface area contributed by atoms with Crippen LogP contribution in [-0.2, 0) is 6.54 Å². The third-order valence-electron chi connectivity index (χ3n) is 2.39. The van der Waals surface area contributed by atoms with Crippen molar-refractivity contribution in [3.05, 3.63) is 36.4 Å². The smallest absolute Gasteiger partial charge is 0.269 e. The molecule has 0 aromatic carbocycles. The van der Waals surface area contributed by atoms with E-state index in [4.69, 9.17) is 0 Å². The molecule has 2 rings (SSSR count). The Balaban J connectivity index is 1.70. The number of rotatable bonds is 5. The fraction of sp³-hybridized carbons (Fsp3) is 0.364. The minimum absolute atomic E-state index is 0.115. The summed E-state index contributed by atoms with van der Waals surface area (Å²) in [6.45, 7) is 3.30. The number of hydrogen-bond acceptors (Lipinski definition) is 3. The average Bonchev–Trinajstić information content (AvgIpc) is 2.95. The van der Waals surface area contributed by atoms with E-state index in [-0.39, 0.29) is 5.91 Å². The third-order valence-corrected chi connectivity index (χ3v) is 2.39. The number of amides is 1. The van der Waals surface area contributed by atoms with Crippen LogP contribution in [0.1, 0.15) is 22.7 Å². The van der Waals surface area contributed by atoms with Gasteiger partial charge in [0.1, 0.15) is 11.5 Å². The molecule has 0 aliphatic rings. The molecule has 0 spiro atoms. The molecule has 6 nitrogen and oxygen atoms in total.